The predicted molar refractivity (Wildman–Crippen MR) is 166 cm³/mol. The molecule has 2 aliphatic rings. The predicted octanol–water partition coefficient (Wildman–Crippen LogP) is 3.38. The van der Waals surface area contributed by atoms with Gasteiger partial charge in [-0.2, -0.15) is 0 Å². The fourth-order valence-electron chi connectivity index (χ4n) is 6.35. The van der Waals surface area contributed by atoms with E-state index < -0.39 is 24.5 Å². The zero-order chi connectivity index (χ0) is 30.5. The Morgan fingerprint density at radius 1 is 0.932 bits per heavy atom. The Morgan fingerprint density at radius 3 is 2.25 bits per heavy atom. The number of ether oxygens (including phenoxy) is 3. The lowest BCUT2D eigenvalue weighted by atomic mass is 9.91. The summed E-state index contributed by atoms with van der Waals surface area (Å²) in [5.41, 5.74) is 3.47. The van der Waals surface area contributed by atoms with E-state index in [1.807, 2.05) is 12.1 Å². The summed E-state index contributed by atoms with van der Waals surface area (Å²) in [6.07, 6.45) is 2.21. The fourth-order valence-corrected chi connectivity index (χ4v) is 6.35. The summed E-state index contributed by atoms with van der Waals surface area (Å²) >= 11 is 0. The Hall–Kier alpha value is -3.45. The summed E-state index contributed by atoms with van der Waals surface area (Å²) in [6, 6.07) is 21.2. The van der Waals surface area contributed by atoms with E-state index in [4.69, 9.17) is 24.2 Å². The molecular formula is C33H42N6O5. The second-order valence-electron chi connectivity index (χ2n) is 11.7. The van der Waals surface area contributed by atoms with E-state index in [1.165, 1.54) is 18.2 Å². The maximum Gasteiger partial charge on any atom is 0.168 e. The number of benzene rings is 2. The third-order valence-electron chi connectivity index (χ3n) is 8.84. The number of fused-ring (bicyclic) bond motifs is 1. The van der Waals surface area contributed by atoms with Gasteiger partial charge in [0.05, 0.1) is 25.6 Å². The summed E-state index contributed by atoms with van der Waals surface area (Å²) < 4.78 is 18.5. The lowest BCUT2D eigenvalue weighted by Gasteiger charge is -2.28. The van der Waals surface area contributed by atoms with Crippen molar-refractivity contribution in [3.05, 3.63) is 83.9 Å². The summed E-state index contributed by atoms with van der Waals surface area (Å²) in [6.45, 7) is 1.21. The molecule has 234 valence electrons. The van der Waals surface area contributed by atoms with E-state index in [-0.39, 0.29) is 12.5 Å². The molecule has 11 nitrogen and oxygen atoms in total. The van der Waals surface area contributed by atoms with Gasteiger partial charge in [0.2, 0.25) is 0 Å². The van der Waals surface area contributed by atoms with Crippen LogP contribution in [0.5, 0.6) is 0 Å². The molecule has 2 aromatic heterocycles. The highest BCUT2D eigenvalue weighted by Crippen LogP contribution is 2.33. The van der Waals surface area contributed by atoms with Crippen molar-refractivity contribution in [2.75, 3.05) is 32.7 Å². The zero-order valence-corrected chi connectivity index (χ0v) is 25.3. The van der Waals surface area contributed by atoms with Crippen LogP contribution >= 0.6 is 0 Å². The van der Waals surface area contributed by atoms with E-state index >= 15 is 0 Å². The maximum absolute atomic E-state index is 10.9. The number of aliphatic hydroxyl groups is 2. The molecular weight excluding hydrogens is 560 g/mol. The minimum Gasteiger partial charge on any atom is -0.387 e. The zero-order valence-electron chi connectivity index (χ0n) is 25.3. The van der Waals surface area contributed by atoms with Gasteiger partial charge in [-0.1, -0.05) is 60.7 Å². The Labute approximate surface area is 257 Å². The number of anilines is 1. The highest BCUT2D eigenvalue weighted by atomic mass is 16.6. The summed E-state index contributed by atoms with van der Waals surface area (Å²) in [7, 11) is 3.31. The van der Waals surface area contributed by atoms with Crippen LogP contribution in [0, 0.1) is 0 Å². The third-order valence-corrected chi connectivity index (χ3v) is 8.84. The largest absolute Gasteiger partial charge is 0.387 e. The van der Waals surface area contributed by atoms with Crippen LogP contribution in [-0.2, 0) is 20.8 Å². The van der Waals surface area contributed by atoms with Crippen molar-refractivity contribution in [1.29, 1.82) is 0 Å². The maximum atomic E-state index is 10.9. The second kappa shape index (κ2) is 14.1. The first kappa shape index (κ1) is 30.6. The lowest BCUT2D eigenvalue weighted by molar-refractivity contribution is -0.0580. The quantitative estimate of drug-likeness (QED) is 0.191. The van der Waals surface area contributed by atoms with Crippen LogP contribution in [0.2, 0.25) is 0 Å². The Morgan fingerprint density at radius 2 is 1.61 bits per heavy atom. The molecule has 1 aliphatic carbocycles. The molecule has 6 rings (SSSR count). The first-order chi connectivity index (χ1) is 21.6. The van der Waals surface area contributed by atoms with Crippen LogP contribution in [0.4, 0.5) is 5.82 Å². The molecule has 44 heavy (non-hydrogen) atoms. The van der Waals surface area contributed by atoms with Crippen molar-refractivity contribution in [1.82, 2.24) is 24.8 Å². The molecule has 4 N–H and O–H groups in total. The first-order valence-corrected chi connectivity index (χ1v) is 15.4. The van der Waals surface area contributed by atoms with Gasteiger partial charge in [0.1, 0.15) is 24.1 Å². The summed E-state index contributed by atoms with van der Waals surface area (Å²) in [4.78, 5) is 14.5. The van der Waals surface area contributed by atoms with Crippen molar-refractivity contribution in [3.63, 3.8) is 0 Å². The number of hydrogen-bond acceptors (Lipinski definition) is 10. The highest BCUT2D eigenvalue weighted by Gasteiger charge is 2.44. The van der Waals surface area contributed by atoms with Crippen LogP contribution in [0.25, 0.3) is 11.2 Å². The Kier molecular flexibility index (Phi) is 9.80. The number of nitrogens with one attached hydrogen (secondary N) is 2. The number of imidazole rings is 1. The molecule has 0 spiro atoms. The van der Waals surface area contributed by atoms with Crippen molar-refractivity contribution >= 4 is 17.0 Å². The Balaban J connectivity index is 1.30. The molecule has 11 heteroatoms. The van der Waals surface area contributed by atoms with Gasteiger partial charge in [0.15, 0.2) is 23.2 Å². The summed E-state index contributed by atoms with van der Waals surface area (Å²) in [5.74, 6) is 1.28. The van der Waals surface area contributed by atoms with Crippen LogP contribution in [-0.4, -0.2) is 87.6 Å². The minimum absolute atomic E-state index is 0.0759. The third kappa shape index (κ3) is 6.63. The van der Waals surface area contributed by atoms with Crippen molar-refractivity contribution < 1.29 is 24.4 Å². The molecule has 2 aromatic carbocycles. The normalized spacial score (nSPS) is 25.6. The lowest BCUT2D eigenvalue weighted by Crippen LogP contribution is -2.35. The van der Waals surface area contributed by atoms with Gasteiger partial charge in [-0.25, -0.2) is 15.0 Å². The van der Waals surface area contributed by atoms with E-state index in [2.05, 4.69) is 64.1 Å². The molecule has 0 amide bonds. The fraction of sp³-hybridized carbons (Fsp3) is 0.485. The van der Waals surface area contributed by atoms with Crippen molar-refractivity contribution in [3.8, 4) is 0 Å². The first-order valence-electron chi connectivity index (χ1n) is 15.4. The van der Waals surface area contributed by atoms with E-state index in [0.717, 1.165) is 25.7 Å². The second-order valence-corrected chi connectivity index (χ2v) is 11.7. The molecule has 4 aromatic rings. The van der Waals surface area contributed by atoms with Crippen LogP contribution < -0.4 is 10.6 Å². The van der Waals surface area contributed by atoms with Crippen molar-refractivity contribution in [2.45, 2.75) is 74.8 Å². The van der Waals surface area contributed by atoms with E-state index in [0.29, 0.717) is 48.0 Å². The van der Waals surface area contributed by atoms with Gasteiger partial charge in [-0.15, -0.1) is 0 Å². The van der Waals surface area contributed by atoms with Crippen LogP contribution in [0.3, 0.4) is 0 Å². The van der Waals surface area contributed by atoms with Crippen molar-refractivity contribution in [2.24, 2.45) is 0 Å². The molecule has 0 bridgehead atoms. The van der Waals surface area contributed by atoms with Gasteiger partial charge in [-0.05, 0) is 36.8 Å². The Bertz CT molecular complexity index is 1440. The number of nitrogens with zero attached hydrogens (tertiary/aromatic N) is 4. The SMILES string of the molecule is COCC1OC(n2cnc3c(NCC(c4ccccc4)c4ccccc4)nc(CNC4CCC(OC)CC4)nc32)C(O)C1O. The number of aliphatic hydroxyl groups excluding tert-OH is 2. The van der Waals surface area contributed by atoms with Crippen LogP contribution in [0.15, 0.2) is 67.0 Å². The van der Waals surface area contributed by atoms with Gasteiger partial charge in [0.25, 0.3) is 0 Å². The molecule has 1 aliphatic heterocycles. The molecule has 1 saturated heterocycles. The van der Waals surface area contributed by atoms with Gasteiger partial charge in [0, 0.05) is 32.7 Å². The number of rotatable bonds is 12. The molecule has 4 atom stereocenters. The van der Waals surface area contributed by atoms with Crippen LogP contribution in [0.1, 0.15) is 54.8 Å². The van der Waals surface area contributed by atoms with E-state index in [9.17, 15) is 10.2 Å². The van der Waals surface area contributed by atoms with E-state index in [1.54, 1.807) is 18.0 Å². The van der Waals surface area contributed by atoms with Gasteiger partial charge < -0.3 is 35.1 Å². The number of hydrogen-bond donors (Lipinski definition) is 4. The van der Waals surface area contributed by atoms with Gasteiger partial charge >= 0.3 is 0 Å². The number of methoxy groups -OCH3 is 2. The molecule has 0 radical (unpaired) electrons. The average molecular weight is 603 g/mol. The summed E-state index contributed by atoms with van der Waals surface area (Å²) in [5, 5.41) is 28.7. The standard InChI is InChI=1S/C33H42N6O5/c1-42-19-26-29(40)30(41)33(44-26)39-20-36-28-31(35-17-25(21-9-5-3-6-10-21)22-11-7-4-8-12-22)37-27(38-32(28)39)18-34-23-13-15-24(43-2)16-14-23/h3-12,20,23-26,29-30,33-34,40-41H,13-19H2,1-2H3,(H,35,37,38). The monoisotopic (exact) mass is 602 g/mol. The average Bonchev–Trinajstić information content (AvgIpc) is 3.61. The molecule has 3 heterocycles. The smallest absolute Gasteiger partial charge is 0.168 e. The number of aromatic nitrogens is 4. The van der Waals surface area contributed by atoms with Gasteiger partial charge in [-0.3, -0.25) is 4.57 Å². The molecule has 2 fully saturated rings. The molecule has 4 unspecified atom stereocenters. The minimum atomic E-state index is -1.17. The molecule has 1 saturated carbocycles. The topological polar surface area (TPSA) is 136 Å². The highest BCUT2D eigenvalue weighted by molar-refractivity contribution is 5.83.